The van der Waals surface area contributed by atoms with Crippen LogP contribution in [0, 0.1) is 6.92 Å². The molecule has 2 aromatic rings. The lowest BCUT2D eigenvalue weighted by molar-refractivity contribution is -0.116. The van der Waals surface area contributed by atoms with E-state index in [9.17, 15) is 4.79 Å². The molecule has 1 atom stereocenters. The van der Waals surface area contributed by atoms with E-state index in [4.69, 9.17) is 0 Å². The Morgan fingerprint density at radius 2 is 1.63 bits per heavy atom. The highest BCUT2D eigenvalue weighted by molar-refractivity contribution is 5.96. The van der Waals surface area contributed by atoms with Crippen LogP contribution < -0.4 is 10.6 Å². The van der Waals surface area contributed by atoms with Gasteiger partial charge in [0, 0.05) is 11.4 Å². The molecule has 1 amide bonds. The molecule has 19 heavy (non-hydrogen) atoms. The van der Waals surface area contributed by atoms with E-state index in [1.807, 2.05) is 68.4 Å². The van der Waals surface area contributed by atoms with Crippen molar-refractivity contribution in [2.24, 2.45) is 0 Å². The monoisotopic (exact) mass is 254 g/mol. The lowest BCUT2D eigenvalue weighted by atomic mass is 10.2. The van der Waals surface area contributed by atoms with Crippen LogP contribution in [0.5, 0.6) is 0 Å². The van der Waals surface area contributed by atoms with Gasteiger partial charge in [-0.2, -0.15) is 0 Å². The van der Waals surface area contributed by atoms with Gasteiger partial charge in [0.2, 0.25) is 5.91 Å². The molecule has 0 heterocycles. The van der Waals surface area contributed by atoms with Crippen molar-refractivity contribution in [1.29, 1.82) is 0 Å². The average molecular weight is 254 g/mol. The largest absolute Gasteiger partial charge is 0.374 e. The van der Waals surface area contributed by atoms with Gasteiger partial charge in [-0.05, 0) is 37.6 Å². The van der Waals surface area contributed by atoms with Crippen LogP contribution in [0.4, 0.5) is 11.4 Å². The molecule has 0 aliphatic carbocycles. The highest BCUT2D eigenvalue weighted by Crippen LogP contribution is 2.14. The maximum absolute atomic E-state index is 12.1. The summed E-state index contributed by atoms with van der Waals surface area (Å²) in [6.07, 6.45) is 0. The van der Waals surface area contributed by atoms with Crippen LogP contribution in [0.3, 0.4) is 0 Å². The molecular formula is C16H18N2O. The number of carbonyl (C=O) groups is 1. The number of carbonyl (C=O) groups excluding carboxylic acids is 1. The standard InChI is InChI=1S/C16H18N2O/c1-12-8-6-7-11-15(12)18-16(19)13(2)17-14-9-4-3-5-10-14/h3-11,13,17H,1-2H3,(H,18,19). The minimum Gasteiger partial charge on any atom is -0.374 e. The molecule has 0 saturated carbocycles. The second kappa shape index (κ2) is 6.05. The van der Waals surface area contributed by atoms with Crippen molar-refractivity contribution in [2.75, 3.05) is 10.6 Å². The minimum absolute atomic E-state index is 0.0434. The van der Waals surface area contributed by atoms with Gasteiger partial charge in [0.1, 0.15) is 6.04 Å². The fourth-order valence-electron chi connectivity index (χ4n) is 1.80. The number of para-hydroxylation sites is 2. The van der Waals surface area contributed by atoms with Gasteiger partial charge in [-0.25, -0.2) is 0 Å². The van der Waals surface area contributed by atoms with E-state index in [0.29, 0.717) is 0 Å². The summed E-state index contributed by atoms with van der Waals surface area (Å²) in [5.41, 5.74) is 2.85. The Morgan fingerprint density at radius 3 is 2.32 bits per heavy atom. The molecule has 0 saturated heterocycles. The van der Waals surface area contributed by atoms with Crippen LogP contribution in [0.1, 0.15) is 12.5 Å². The molecule has 98 valence electrons. The van der Waals surface area contributed by atoms with Gasteiger partial charge in [0.15, 0.2) is 0 Å². The maximum Gasteiger partial charge on any atom is 0.246 e. The zero-order chi connectivity index (χ0) is 13.7. The highest BCUT2D eigenvalue weighted by atomic mass is 16.2. The van der Waals surface area contributed by atoms with E-state index in [0.717, 1.165) is 16.9 Å². The summed E-state index contributed by atoms with van der Waals surface area (Å²) in [7, 11) is 0. The van der Waals surface area contributed by atoms with E-state index < -0.39 is 0 Å². The third kappa shape index (κ3) is 3.58. The van der Waals surface area contributed by atoms with E-state index in [1.165, 1.54) is 0 Å². The zero-order valence-electron chi connectivity index (χ0n) is 11.2. The zero-order valence-corrected chi connectivity index (χ0v) is 11.2. The van der Waals surface area contributed by atoms with Crippen molar-refractivity contribution in [3.63, 3.8) is 0 Å². The van der Waals surface area contributed by atoms with E-state index in [1.54, 1.807) is 0 Å². The minimum atomic E-state index is -0.290. The van der Waals surface area contributed by atoms with Crippen LogP contribution in [-0.2, 0) is 4.79 Å². The quantitative estimate of drug-likeness (QED) is 0.877. The van der Waals surface area contributed by atoms with E-state index in [-0.39, 0.29) is 11.9 Å². The molecular weight excluding hydrogens is 236 g/mol. The number of rotatable bonds is 4. The molecule has 3 heteroatoms. The third-order valence-electron chi connectivity index (χ3n) is 2.95. The molecule has 0 aromatic heterocycles. The summed E-state index contributed by atoms with van der Waals surface area (Å²) >= 11 is 0. The van der Waals surface area contributed by atoms with Crippen molar-refractivity contribution in [1.82, 2.24) is 0 Å². The number of amides is 1. The van der Waals surface area contributed by atoms with Crippen molar-refractivity contribution in [2.45, 2.75) is 19.9 Å². The van der Waals surface area contributed by atoms with Gasteiger partial charge in [0.05, 0.1) is 0 Å². The van der Waals surface area contributed by atoms with Crippen molar-refractivity contribution < 1.29 is 4.79 Å². The predicted molar refractivity (Wildman–Crippen MR) is 79.3 cm³/mol. The van der Waals surface area contributed by atoms with Gasteiger partial charge >= 0.3 is 0 Å². The van der Waals surface area contributed by atoms with Crippen LogP contribution in [0.2, 0.25) is 0 Å². The lowest BCUT2D eigenvalue weighted by Gasteiger charge is -2.16. The van der Waals surface area contributed by atoms with Gasteiger partial charge in [-0.1, -0.05) is 36.4 Å². The molecule has 2 N–H and O–H groups in total. The molecule has 0 radical (unpaired) electrons. The van der Waals surface area contributed by atoms with Gasteiger partial charge in [-0.3, -0.25) is 4.79 Å². The lowest BCUT2D eigenvalue weighted by Crippen LogP contribution is -2.32. The first-order chi connectivity index (χ1) is 9.16. The van der Waals surface area contributed by atoms with Crippen LogP contribution in [0.15, 0.2) is 54.6 Å². The summed E-state index contributed by atoms with van der Waals surface area (Å²) in [6, 6.07) is 17.2. The van der Waals surface area contributed by atoms with Crippen LogP contribution in [0.25, 0.3) is 0 Å². The Kier molecular flexibility index (Phi) is 4.18. The van der Waals surface area contributed by atoms with Crippen molar-refractivity contribution in [3.05, 3.63) is 60.2 Å². The van der Waals surface area contributed by atoms with E-state index >= 15 is 0 Å². The number of anilines is 2. The van der Waals surface area contributed by atoms with Crippen molar-refractivity contribution in [3.8, 4) is 0 Å². The number of benzene rings is 2. The Morgan fingerprint density at radius 1 is 1.00 bits per heavy atom. The number of aryl methyl sites for hydroxylation is 1. The molecule has 3 nitrogen and oxygen atoms in total. The molecule has 2 aromatic carbocycles. The highest BCUT2D eigenvalue weighted by Gasteiger charge is 2.13. The van der Waals surface area contributed by atoms with Crippen LogP contribution in [-0.4, -0.2) is 11.9 Å². The molecule has 2 rings (SSSR count). The number of nitrogens with one attached hydrogen (secondary N) is 2. The normalized spacial score (nSPS) is 11.7. The molecule has 0 fully saturated rings. The van der Waals surface area contributed by atoms with Gasteiger partial charge < -0.3 is 10.6 Å². The average Bonchev–Trinajstić information content (AvgIpc) is 2.42. The summed E-state index contributed by atoms with van der Waals surface area (Å²) in [5, 5.41) is 6.10. The first-order valence-corrected chi connectivity index (χ1v) is 6.35. The first-order valence-electron chi connectivity index (χ1n) is 6.35. The number of hydrogen-bond donors (Lipinski definition) is 2. The molecule has 0 aliphatic rings. The molecule has 0 aliphatic heterocycles. The summed E-state index contributed by atoms with van der Waals surface area (Å²) < 4.78 is 0. The second-order valence-corrected chi connectivity index (χ2v) is 4.54. The number of hydrogen-bond acceptors (Lipinski definition) is 2. The molecule has 1 unspecified atom stereocenters. The van der Waals surface area contributed by atoms with Crippen LogP contribution >= 0.6 is 0 Å². The van der Waals surface area contributed by atoms with Gasteiger partial charge in [-0.15, -0.1) is 0 Å². The fourth-order valence-corrected chi connectivity index (χ4v) is 1.80. The summed E-state index contributed by atoms with van der Waals surface area (Å²) in [5.74, 6) is -0.0434. The third-order valence-corrected chi connectivity index (χ3v) is 2.95. The fraction of sp³-hybridized carbons (Fsp3) is 0.188. The SMILES string of the molecule is Cc1ccccc1NC(=O)C(C)Nc1ccccc1. The Balaban J connectivity index is 1.99. The summed E-state index contributed by atoms with van der Waals surface area (Å²) in [6.45, 7) is 3.82. The molecule has 0 spiro atoms. The maximum atomic E-state index is 12.1. The Labute approximate surface area is 113 Å². The predicted octanol–water partition coefficient (Wildman–Crippen LogP) is 3.43. The smallest absolute Gasteiger partial charge is 0.246 e. The summed E-state index contributed by atoms with van der Waals surface area (Å²) in [4.78, 5) is 12.1. The second-order valence-electron chi connectivity index (χ2n) is 4.54. The van der Waals surface area contributed by atoms with Crippen molar-refractivity contribution >= 4 is 17.3 Å². The first kappa shape index (κ1) is 13.1. The molecule has 0 bridgehead atoms. The Hall–Kier alpha value is -2.29. The topological polar surface area (TPSA) is 41.1 Å². The van der Waals surface area contributed by atoms with E-state index in [2.05, 4.69) is 10.6 Å². The van der Waals surface area contributed by atoms with Gasteiger partial charge in [0.25, 0.3) is 0 Å². The Bertz CT molecular complexity index is 552.